The Bertz CT molecular complexity index is 1000. The molecule has 0 radical (unpaired) electrons. The Morgan fingerprint density at radius 1 is 0.708 bits per heavy atom. The summed E-state index contributed by atoms with van der Waals surface area (Å²) in [6.07, 6.45) is -4.30. The van der Waals surface area contributed by atoms with Crippen LogP contribution in [0, 0.1) is 0 Å². The molecular weight excluding hydrogens is 444 g/mol. The number of halogens is 4. The number of alkyl halides is 3. The van der Waals surface area contributed by atoms with E-state index in [1.807, 2.05) is 24.3 Å². The summed E-state index contributed by atoms with van der Waals surface area (Å²) in [5, 5.41) is 2.30. The van der Waals surface area contributed by atoms with Crippen molar-refractivity contribution >= 4 is 31.5 Å². The predicted molar refractivity (Wildman–Crippen MR) is 91.2 cm³/mol. The Kier molecular flexibility index (Phi) is 4.57. The molecule has 0 aliphatic rings. The molecule has 0 atom stereocenters. The molecule has 122 valence electrons. The van der Waals surface area contributed by atoms with Crippen LogP contribution in [0.2, 0.25) is 0 Å². The van der Waals surface area contributed by atoms with Crippen molar-refractivity contribution in [3.8, 4) is 11.1 Å². The first-order chi connectivity index (χ1) is 11.0. The van der Waals surface area contributed by atoms with Crippen molar-refractivity contribution in [2.75, 3.05) is 0 Å². The summed E-state index contributed by atoms with van der Waals surface area (Å²) in [5.74, 6) is 0. The Labute approximate surface area is 157 Å². The van der Waals surface area contributed by atoms with Gasteiger partial charge in [-0.25, -0.2) is 0 Å². The van der Waals surface area contributed by atoms with Crippen LogP contribution in [-0.4, -0.2) is 0 Å². The van der Waals surface area contributed by atoms with Gasteiger partial charge in [-0.2, -0.15) is 13.2 Å². The molecule has 1 aromatic heterocycles. The van der Waals surface area contributed by atoms with E-state index in [0.717, 1.165) is 40.0 Å². The SMILES string of the molecule is FC(F)(F)c1ccc(-c2cccc3[sH+]c4ccccc4c23)cc1.[I-]. The lowest BCUT2D eigenvalue weighted by atomic mass is 9.98. The molecule has 24 heavy (non-hydrogen) atoms. The van der Waals surface area contributed by atoms with E-state index in [0.29, 0.717) is 0 Å². The van der Waals surface area contributed by atoms with Crippen molar-refractivity contribution < 1.29 is 37.1 Å². The van der Waals surface area contributed by atoms with Crippen LogP contribution in [0.15, 0.2) is 66.7 Å². The summed E-state index contributed by atoms with van der Waals surface area (Å²) in [5.41, 5.74) is 1.17. The second-order valence-electron chi connectivity index (χ2n) is 5.40. The number of thiophene rings is 1. The van der Waals surface area contributed by atoms with Crippen LogP contribution in [0.25, 0.3) is 31.3 Å². The summed E-state index contributed by atoms with van der Waals surface area (Å²) in [6, 6.07) is 19.6. The molecule has 0 amide bonds. The minimum atomic E-state index is -4.30. The highest BCUT2D eigenvalue weighted by atomic mass is 127. The lowest BCUT2D eigenvalue weighted by Crippen LogP contribution is -3.00. The Hall–Kier alpha value is -1.60. The van der Waals surface area contributed by atoms with Crippen molar-refractivity contribution in [1.82, 2.24) is 0 Å². The Morgan fingerprint density at radius 2 is 1.38 bits per heavy atom. The van der Waals surface area contributed by atoms with Crippen LogP contribution < -0.4 is 24.0 Å². The van der Waals surface area contributed by atoms with Gasteiger partial charge < -0.3 is 24.0 Å². The van der Waals surface area contributed by atoms with Gasteiger partial charge in [-0.15, -0.1) is 0 Å². The summed E-state index contributed by atoms with van der Waals surface area (Å²) in [7, 11) is 0. The molecule has 0 saturated heterocycles. The zero-order valence-electron chi connectivity index (χ0n) is 12.3. The lowest BCUT2D eigenvalue weighted by Gasteiger charge is -2.08. The first-order valence-electron chi connectivity index (χ1n) is 7.16. The average Bonchev–Trinajstić information content (AvgIpc) is 2.93. The van der Waals surface area contributed by atoms with Crippen LogP contribution in [0.1, 0.15) is 5.56 Å². The fraction of sp³-hybridized carbons (Fsp3) is 0.0526. The Morgan fingerprint density at radius 3 is 2.08 bits per heavy atom. The average molecular weight is 456 g/mol. The zero-order chi connectivity index (χ0) is 16.0. The van der Waals surface area contributed by atoms with E-state index in [9.17, 15) is 13.2 Å². The summed E-state index contributed by atoms with van der Waals surface area (Å²) >= 11 is 1.15. The fourth-order valence-corrected chi connectivity index (χ4v) is 4.15. The third-order valence-corrected chi connectivity index (χ3v) is 5.22. The van der Waals surface area contributed by atoms with E-state index in [2.05, 4.69) is 18.2 Å². The maximum atomic E-state index is 12.7. The van der Waals surface area contributed by atoms with E-state index in [4.69, 9.17) is 0 Å². The van der Waals surface area contributed by atoms with E-state index < -0.39 is 11.7 Å². The van der Waals surface area contributed by atoms with Gasteiger partial charge >= 0.3 is 6.18 Å². The molecule has 0 fully saturated rings. The highest BCUT2D eigenvalue weighted by Gasteiger charge is 2.30. The van der Waals surface area contributed by atoms with Gasteiger partial charge in [0.05, 0.1) is 10.9 Å². The third-order valence-electron chi connectivity index (χ3n) is 3.98. The second kappa shape index (κ2) is 6.37. The van der Waals surface area contributed by atoms with Gasteiger partial charge in [0.25, 0.3) is 0 Å². The van der Waals surface area contributed by atoms with Crippen LogP contribution in [0.5, 0.6) is 0 Å². The summed E-state index contributed by atoms with van der Waals surface area (Å²) in [4.78, 5) is 0. The van der Waals surface area contributed by atoms with Crippen molar-refractivity contribution in [2.45, 2.75) is 6.18 Å². The molecule has 0 bridgehead atoms. The number of fused-ring (bicyclic) bond motifs is 3. The highest BCUT2D eigenvalue weighted by Crippen LogP contribution is 2.40. The number of hydrogen-bond donors (Lipinski definition) is 0. The molecular formula is C19H12F3IS. The van der Waals surface area contributed by atoms with Crippen molar-refractivity contribution in [3.05, 3.63) is 72.3 Å². The van der Waals surface area contributed by atoms with Gasteiger partial charge in [0, 0.05) is 5.39 Å². The minimum absolute atomic E-state index is 0. The molecule has 0 aliphatic heterocycles. The third kappa shape index (κ3) is 2.91. The topological polar surface area (TPSA) is 0 Å². The first kappa shape index (κ1) is 17.2. The van der Waals surface area contributed by atoms with Crippen molar-refractivity contribution in [2.24, 2.45) is 0 Å². The molecule has 0 saturated carbocycles. The second-order valence-corrected chi connectivity index (χ2v) is 6.59. The van der Waals surface area contributed by atoms with E-state index >= 15 is 0 Å². The number of rotatable bonds is 1. The van der Waals surface area contributed by atoms with Crippen LogP contribution >= 0.6 is 11.3 Å². The van der Waals surface area contributed by atoms with Gasteiger partial charge in [-0.1, -0.05) is 36.4 Å². The zero-order valence-corrected chi connectivity index (χ0v) is 15.4. The summed E-state index contributed by atoms with van der Waals surface area (Å²) < 4.78 is 40.6. The monoisotopic (exact) mass is 456 g/mol. The predicted octanol–water partition coefficient (Wildman–Crippen LogP) is 3.48. The molecule has 1 heterocycles. The minimum Gasteiger partial charge on any atom is -1.00 e. The first-order valence-corrected chi connectivity index (χ1v) is 8.05. The van der Waals surface area contributed by atoms with Gasteiger partial charge in [0.15, 0.2) is 9.40 Å². The molecule has 0 aliphatic carbocycles. The molecule has 0 unspecified atom stereocenters. The number of benzene rings is 3. The van der Waals surface area contributed by atoms with Gasteiger partial charge in [0.1, 0.15) is 0 Å². The van der Waals surface area contributed by atoms with E-state index in [1.165, 1.54) is 14.8 Å². The van der Waals surface area contributed by atoms with Crippen molar-refractivity contribution in [3.63, 3.8) is 0 Å². The largest absolute Gasteiger partial charge is 1.00 e. The fourth-order valence-electron chi connectivity index (χ4n) is 2.91. The lowest BCUT2D eigenvalue weighted by molar-refractivity contribution is -0.137. The molecule has 0 nitrogen and oxygen atoms in total. The van der Waals surface area contributed by atoms with Gasteiger partial charge in [0.2, 0.25) is 0 Å². The molecule has 4 aromatic rings. The maximum Gasteiger partial charge on any atom is 0.416 e. The van der Waals surface area contributed by atoms with Gasteiger partial charge in [-0.3, -0.25) is 0 Å². The smallest absolute Gasteiger partial charge is 0.416 e. The van der Waals surface area contributed by atoms with Crippen LogP contribution in [0.4, 0.5) is 13.2 Å². The maximum absolute atomic E-state index is 12.7. The van der Waals surface area contributed by atoms with Crippen LogP contribution in [0.3, 0.4) is 0 Å². The molecule has 4 rings (SSSR count). The molecule has 0 N–H and O–H groups in total. The van der Waals surface area contributed by atoms with E-state index in [1.54, 1.807) is 12.1 Å². The van der Waals surface area contributed by atoms with E-state index in [-0.39, 0.29) is 24.0 Å². The molecule has 5 heteroatoms. The molecule has 0 spiro atoms. The normalized spacial score (nSPS) is 11.6. The standard InChI is InChI=1S/C19H11F3S.HI/c20-19(21,22)13-10-8-12(9-11-13)14-5-3-7-17-18(14)15-4-1-2-6-16(15)23-17;/h1-11H;1H. The number of hydrogen-bond acceptors (Lipinski definition) is 0. The van der Waals surface area contributed by atoms with Gasteiger partial charge in [-0.05, 0) is 52.8 Å². The highest BCUT2D eigenvalue weighted by molar-refractivity contribution is 7.25. The molecule has 3 aromatic carbocycles. The quantitative estimate of drug-likeness (QED) is 0.304. The summed E-state index contributed by atoms with van der Waals surface area (Å²) in [6.45, 7) is 0. The Balaban J connectivity index is 0.00000169. The van der Waals surface area contributed by atoms with Crippen molar-refractivity contribution in [1.29, 1.82) is 0 Å². The van der Waals surface area contributed by atoms with Crippen LogP contribution in [-0.2, 0) is 6.18 Å².